The fourth-order valence-electron chi connectivity index (χ4n) is 3.18. The van der Waals surface area contributed by atoms with Gasteiger partial charge < -0.3 is 21.8 Å². The van der Waals surface area contributed by atoms with Crippen LogP contribution in [-0.4, -0.2) is 30.0 Å². The van der Waals surface area contributed by atoms with Gasteiger partial charge in [-0.05, 0) is 61.2 Å². The van der Waals surface area contributed by atoms with Crippen molar-refractivity contribution in [3.63, 3.8) is 0 Å². The van der Waals surface area contributed by atoms with Crippen molar-refractivity contribution in [3.05, 3.63) is 59.5 Å². The van der Waals surface area contributed by atoms with Crippen LogP contribution in [0.15, 0.2) is 42.5 Å². The molecule has 0 radical (unpaired) electrons. The predicted molar refractivity (Wildman–Crippen MR) is 114 cm³/mol. The topological polar surface area (TPSA) is 96.9 Å². The smallest absolute Gasteiger partial charge is 0.268 e. The van der Waals surface area contributed by atoms with Crippen LogP contribution in [0, 0.1) is 12.7 Å². The predicted octanol–water partition coefficient (Wildman–Crippen LogP) is 3.50. The van der Waals surface area contributed by atoms with Crippen molar-refractivity contribution in [1.82, 2.24) is 10.3 Å². The van der Waals surface area contributed by atoms with E-state index in [2.05, 4.69) is 10.3 Å². The summed E-state index contributed by atoms with van der Waals surface area (Å²) in [6.45, 7) is 2.92. The number of carbonyl (C=O) groups excluding carboxylic acids is 1. The van der Waals surface area contributed by atoms with Crippen LogP contribution in [0.3, 0.4) is 0 Å². The Labute approximate surface area is 170 Å². The van der Waals surface area contributed by atoms with Crippen LogP contribution in [0.4, 0.5) is 4.39 Å². The number of H-pyrrole nitrogens is 1. The average Bonchev–Trinajstić information content (AvgIpc) is 3.01. The third-order valence-corrected chi connectivity index (χ3v) is 4.77. The van der Waals surface area contributed by atoms with Crippen LogP contribution in [0.5, 0.6) is 0 Å². The van der Waals surface area contributed by atoms with Crippen molar-refractivity contribution >= 4 is 29.2 Å². The zero-order chi connectivity index (χ0) is 19.4. The lowest BCUT2D eigenvalue weighted by Gasteiger charge is -2.12. The molecular formula is C21H26ClFN4O. The molecule has 1 amide bonds. The van der Waals surface area contributed by atoms with Gasteiger partial charge in [0.1, 0.15) is 11.5 Å². The van der Waals surface area contributed by atoms with Crippen LogP contribution in [0.25, 0.3) is 22.0 Å². The minimum absolute atomic E-state index is 0. The molecule has 0 saturated carbocycles. The Balaban J connectivity index is 0.00000280. The lowest BCUT2D eigenvalue weighted by Crippen LogP contribution is -2.37. The van der Waals surface area contributed by atoms with E-state index in [1.807, 2.05) is 25.1 Å². The first-order valence-electron chi connectivity index (χ1n) is 9.11. The number of hydrogen-bond acceptors (Lipinski definition) is 3. The van der Waals surface area contributed by atoms with Gasteiger partial charge in [0.15, 0.2) is 0 Å². The van der Waals surface area contributed by atoms with Gasteiger partial charge in [0.2, 0.25) is 0 Å². The van der Waals surface area contributed by atoms with Crippen molar-refractivity contribution < 1.29 is 9.18 Å². The summed E-state index contributed by atoms with van der Waals surface area (Å²) in [5.41, 5.74) is 15.6. The first kappa shape index (κ1) is 21.9. The number of aromatic amines is 1. The number of rotatable bonds is 7. The van der Waals surface area contributed by atoms with Crippen molar-refractivity contribution in [3.8, 4) is 11.1 Å². The molecule has 0 aliphatic heterocycles. The molecule has 150 valence electrons. The first-order chi connectivity index (χ1) is 13.0. The zero-order valence-electron chi connectivity index (χ0n) is 15.8. The molecule has 0 unspecified atom stereocenters. The number of fused-ring (bicyclic) bond motifs is 1. The SMILES string of the molecule is Cc1c(C(=O)NC[C@@H](N)CCCN)[nH]c2cc(-c3ccc(F)cc3)ccc12.Cl. The van der Waals surface area contributed by atoms with Gasteiger partial charge in [0.05, 0.1) is 0 Å². The van der Waals surface area contributed by atoms with Crippen LogP contribution < -0.4 is 16.8 Å². The molecule has 7 heteroatoms. The monoisotopic (exact) mass is 404 g/mol. The number of benzene rings is 2. The van der Waals surface area contributed by atoms with E-state index in [4.69, 9.17) is 11.5 Å². The Hall–Kier alpha value is -2.41. The highest BCUT2D eigenvalue weighted by molar-refractivity contribution is 6.01. The third kappa shape index (κ3) is 4.90. The summed E-state index contributed by atoms with van der Waals surface area (Å²) >= 11 is 0. The molecule has 1 heterocycles. The number of carbonyl (C=O) groups is 1. The van der Waals surface area contributed by atoms with Gasteiger partial charge in [-0.3, -0.25) is 4.79 Å². The molecule has 5 nitrogen and oxygen atoms in total. The third-order valence-electron chi connectivity index (χ3n) is 4.77. The standard InChI is InChI=1S/C21H25FN4O.ClH/c1-13-18-9-6-15(14-4-7-16(22)8-5-14)11-19(18)26-20(13)21(27)25-12-17(24)3-2-10-23;/h4-9,11,17,26H,2-3,10,12,23-24H2,1H3,(H,25,27);1H/t17-;/m0./s1. The number of halogens is 2. The number of aryl methyl sites for hydroxylation is 1. The summed E-state index contributed by atoms with van der Waals surface area (Å²) in [7, 11) is 0. The fraction of sp³-hybridized carbons (Fsp3) is 0.286. The molecule has 0 bridgehead atoms. The number of nitrogens with one attached hydrogen (secondary N) is 2. The highest BCUT2D eigenvalue weighted by atomic mass is 35.5. The summed E-state index contributed by atoms with van der Waals surface area (Å²) in [4.78, 5) is 15.7. The van der Waals surface area contributed by atoms with Crippen molar-refractivity contribution in [1.29, 1.82) is 0 Å². The largest absolute Gasteiger partial charge is 0.350 e. The van der Waals surface area contributed by atoms with E-state index in [1.165, 1.54) is 12.1 Å². The molecular weight excluding hydrogens is 379 g/mol. The van der Waals surface area contributed by atoms with Gasteiger partial charge in [-0.1, -0.05) is 24.3 Å². The van der Waals surface area contributed by atoms with Crippen molar-refractivity contribution in [2.24, 2.45) is 11.5 Å². The Kier molecular flexibility index (Phi) is 7.57. The molecule has 0 aliphatic carbocycles. The van der Waals surface area contributed by atoms with Crippen molar-refractivity contribution in [2.75, 3.05) is 13.1 Å². The van der Waals surface area contributed by atoms with E-state index in [0.29, 0.717) is 18.8 Å². The molecule has 6 N–H and O–H groups in total. The molecule has 0 spiro atoms. The number of aromatic nitrogens is 1. The van der Waals surface area contributed by atoms with E-state index in [9.17, 15) is 9.18 Å². The van der Waals surface area contributed by atoms with Gasteiger partial charge >= 0.3 is 0 Å². The molecule has 0 saturated heterocycles. The summed E-state index contributed by atoms with van der Waals surface area (Å²) in [6, 6.07) is 12.2. The molecule has 3 rings (SSSR count). The molecule has 3 aromatic rings. The van der Waals surface area contributed by atoms with Gasteiger partial charge in [0, 0.05) is 23.5 Å². The van der Waals surface area contributed by atoms with Crippen LogP contribution in [-0.2, 0) is 0 Å². The minimum atomic E-state index is -0.265. The maximum absolute atomic E-state index is 13.1. The summed E-state index contributed by atoms with van der Waals surface area (Å²) in [5, 5.41) is 3.87. The van der Waals surface area contributed by atoms with E-state index >= 15 is 0 Å². The van der Waals surface area contributed by atoms with E-state index < -0.39 is 0 Å². The van der Waals surface area contributed by atoms with Gasteiger partial charge in [0.25, 0.3) is 5.91 Å². The highest BCUT2D eigenvalue weighted by Crippen LogP contribution is 2.27. The number of nitrogens with two attached hydrogens (primary N) is 2. The second kappa shape index (κ2) is 9.68. The Morgan fingerprint density at radius 1 is 1.18 bits per heavy atom. The average molecular weight is 405 g/mol. The minimum Gasteiger partial charge on any atom is -0.350 e. The molecule has 28 heavy (non-hydrogen) atoms. The van der Waals surface area contributed by atoms with Gasteiger partial charge in [-0.2, -0.15) is 0 Å². The molecule has 0 aliphatic rings. The first-order valence-corrected chi connectivity index (χ1v) is 9.11. The fourth-order valence-corrected chi connectivity index (χ4v) is 3.18. The number of hydrogen-bond donors (Lipinski definition) is 4. The maximum atomic E-state index is 13.1. The summed E-state index contributed by atoms with van der Waals surface area (Å²) < 4.78 is 13.1. The van der Waals surface area contributed by atoms with E-state index in [0.717, 1.165) is 40.4 Å². The quantitative estimate of drug-likeness (QED) is 0.485. The highest BCUT2D eigenvalue weighted by Gasteiger charge is 2.16. The Morgan fingerprint density at radius 3 is 2.54 bits per heavy atom. The molecule has 2 aromatic carbocycles. The number of amides is 1. The maximum Gasteiger partial charge on any atom is 0.268 e. The van der Waals surface area contributed by atoms with Crippen LogP contribution >= 0.6 is 12.4 Å². The lowest BCUT2D eigenvalue weighted by molar-refractivity contribution is 0.0946. The normalized spacial score (nSPS) is 11.9. The van der Waals surface area contributed by atoms with Gasteiger partial charge in [-0.25, -0.2) is 4.39 Å². The van der Waals surface area contributed by atoms with Crippen molar-refractivity contribution in [2.45, 2.75) is 25.8 Å². The second-order valence-electron chi connectivity index (χ2n) is 6.79. The van der Waals surface area contributed by atoms with Crippen LogP contribution in [0.1, 0.15) is 28.9 Å². The second-order valence-corrected chi connectivity index (χ2v) is 6.79. The van der Waals surface area contributed by atoms with E-state index in [1.54, 1.807) is 12.1 Å². The Morgan fingerprint density at radius 2 is 1.86 bits per heavy atom. The molecule has 1 atom stereocenters. The van der Waals surface area contributed by atoms with Crippen LogP contribution in [0.2, 0.25) is 0 Å². The molecule has 1 aromatic heterocycles. The van der Waals surface area contributed by atoms with E-state index in [-0.39, 0.29) is 30.2 Å². The summed E-state index contributed by atoms with van der Waals surface area (Å²) in [5.74, 6) is -0.436. The lowest BCUT2D eigenvalue weighted by atomic mass is 10.0. The Bertz CT molecular complexity index is 939. The van der Waals surface area contributed by atoms with Gasteiger partial charge in [-0.15, -0.1) is 12.4 Å². The zero-order valence-corrected chi connectivity index (χ0v) is 16.6. The molecule has 0 fully saturated rings. The summed E-state index contributed by atoms with van der Waals surface area (Å²) in [6.07, 6.45) is 1.62.